The molecule has 0 spiro atoms. The Labute approximate surface area is 233 Å². The van der Waals surface area contributed by atoms with E-state index in [0.717, 1.165) is 31.0 Å². The topological polar surface area (TPSA) is 81.5 Å². The number of nitrogens with zero attached hydrogens (tertiary/aromatic N) is 3. The van der Waals surface area contributed by atoms with Crippen molar-refractivity contribution in [3.63, 3.8) is 0 Å². The standard InChI is InChI=1S/C25H22Cl2IN3O4S/c1-2-3-10-35-25(32)16-31(36(33,34)22-13-18(26)12-19(27)14-22)21-4-5-23-17(11-21)7-9-30(23)24-15-20(28)6-8-29-24/h4-9,11-15H,2-3,10,16H2,1H3. The lowest BCUT2D eigenvalue weighted by Crippen LogP contribution is -2.36. The number of esters is 1. The molecule has 188 valence electrons. The van der Waals surface area contributed by atoms with E-state index in [2.05, 4.69) is 27.6 Å². The van der Waals surface area contributed by atoms with E-state index in [-0.39, 0.29) is 21.5 Å². The Morgan fingerprint density at radius 1 is 1.08 bits per heavy atom. The Kier molecular flexibility index (Phi) is 8.44. The minimum atomic E-state index is -4.20. The van der Waals surface area contributed by atoms with E-state index in [1.807, 2.05) is 35.9 Å². The zero-order valence-corrected chi connectivity index (χ0v) is 23.7. The highest BCUT2D eigenvalue weighted by molar-refractivity contribution is 14.1. The zero-order chi connectivity index (χ0) is 25.9. The van der Waals surface area contributed by atoms with Crippen molar-refractivity contribution < 1.29 is 17.9 Å². The van der Waals surface area contributed by atoms with E-state index >= 15 is 0 Å². The lowest BCUT2D eigenvalue weighted by Gasteiger charge is -2.24. The zero-order valence-electron chi connectivity index (χ0n) is 19.2. The molecule has 2 aromatic carbocycles. The Hall–Kier alpha value is -2.34. The van der Waals surface area contributed by atoms with E-state index in [1.54, 1.807) is 24.4 Å². The monoisotopic (exact) mass is 657 g/mol. The van der Waals surface area contributed by atoms with Gasteiger partial charge in [0.25, 0.3) is 10.0 Å². The van der Waals surface area contributed by atoms with Crippen LogP contribution in [0.25, 0.3) is 16.7 Å². The molecule has 0 radical (unpaired) electrons. The van der Waals surface area contributed by atoms with Crippen molar-refractivity contribution in [2.75, 3.05) is 17.5 Å². The number of hydrogen-bond donors (Lipinski definition) is 0. The maximum atomic E-state index is 13.7. The Balaban J connectivity index is 1.76. The Bertz CT molecular complexity index is 1500. The molecule has 0 atom stereocenters. The van der Waals surface area contributed by atoms with Gasteiger partial charge < -0.3 is 9.30 Å². The second-order valence-electron chi connectivity index (χ2n) is 7.95. The number of carbonyl (C=O) groups is 1. The van der Waals surface area contributed by atoms with E-state index in [9.17, 15) is 13.2 Å². The fourth-order valence-electron chi connectivity index (χ4n) is 3.62. The number of benzene rings is 2. The van der Waals surface area contributed by atoms with Crippen molar-refractivity contribution >= 4 is 78.4 Å². The molecule has 2 heterocycles. The molecule has 0 unspecified atom stereocenters. The maximum Gasteiger partial charge on any atom is 0.326 e. The molecule has 11 heteroatoms. The third-order valence-electron chi connectivity index (χ3n) is 5.37. The van der Waals surface area contributed by atoms with E-state index in [4.69, 9.17) is 27.9 Å². The summed E-state index contributed by atoms with van der Waals surface area (Å²) in [5.74, 6) is 0.0862. The van der Waals surface area contributed by atoms with E-state index in [0.29, 0.717) is 12.1 Å². The highest BCUT2D eigenvalue weighted by Crippen LogP contribution is 2.31. The van der Waals surface area contributed by atoms with Gasteiger partial charge in [-0.25, -0.2) is 13.4 Å². The lowest BCUT2D eigenvalue weighted by atomic mass is 10.2. The quantitative estimate of drug-likeness (QED) is 0.117. The van der Waals surface area contributed by atoms with Gasteiger partial charge in [-0.1, -0.05) is 36.5 Å². The van der Waals surface area contributed by atoms with Gasteiger partial charge in [-0.3, -0.25) is 9.10 Å². The Morgan fingerprint density at radius 2 is 1.83 bits per heavy atom. The maximum absolute atomic E-state index is 13.7. The number of aromatic nitrogens is 2. The first-order chi connectivity index (χ1) is 17.2. The van der Waals surface area contributed by atoms with Crippen LogP contribution in [0.4, 0.5) is 5.69 Å². The minimum absolute atomic E-state index is 0.123. The molecule has 0 saturated heterocycles. The van der Waals surface area contributed by atoms with Crippen LogP contribution in [0.1, 0.15) is 19.8 Å². The molecule has 0 bridgehead atoms. The molecule has 4 aromatic rings. The molecular weight excluding hydrogens is 636 g/mol. The molecule has 0 aliphatic rings. The molecule has 0 saturated carbocycles. The number of halogens is 3. The van der Waals surface area contributed by atoms with Crippen molar-refractivity contribution in [2.45, 2.75) is 24.7 Å². The molecule has 2 aromatic heterocycles. The number of unbranched alkanes of at least 4 members (excludes halogenated alkanes) is 1. The number of rotatable bonds is 9. The van der Waals surface area contributed by atoms with Crippen LogP contribution in [0.3, 0.4) is 0 Å². The van der Waals surface area contributed by atoms with E-state index < -0.39 is 22.5 Å². The minimum Gasteiger partial charge on any atom is -0.464 e. The number of carbonyl (C=O) groups excluding carboxylic acids is 1. The molecular formula is C25H22Cl2IN3O4S. The smallest absolute Gasteiger partial charge is 0.326 e. The average molecular weight is 658 g/mol. The summed E-state index contributed by atoms with van der Waals surface area (Å²) in [6, 6.07) is 14.9. The highest BCUT2D eigenvalue weighted by atomic mass is 127. The van der Waals surface area contributed by atoms with Gasteiger partial charge in [-0.2, -0.15) is 0 Å². The summed E-state index contributed by atoms with van der Waals surface area (Å²) in [7, 11) is -4.20. The van der Waals surface area contributed by atoms with Crippen molar-refractivity contribution in [1.82, 2.24) is 9.55 Å². The predicted molar refractivity (Wildman–Crippen MR) is 151 cm³/mol. The molecule has 0 fully saturated rings. The van der Waals surface area contributed by atoms with Gasteiger partial charge in [0.05, 0.1) is 22.7 Å². The van der Waals surface area contributed by atoms with E-state index in [1.165, 1.54) is 18.2 Å². The van der Waals surface area contributed by atoms with Crippen LogP contribution >= 0.6 is 45.8 Å². The number of sulfonamides is 1. The van der Waals surface area contributed by atoms with Crippen molar-refractivity contribution in [3.8, 4) is 5.82 Å². The van der Waals surface area contributed by atoms with Crippen LogP contribution in [0.2, 0.25) is 10.0 Å². The normalized spacial score (nSPS) is 11.6. The second kappa shape index (κ2) is 11.4. The Morgan fingerprint density at radius 3 is 2.53 bits per heavy atom. The molecule has 0 aliphatic carbocycles. The van der Waals surface area contributed by atoms with Crippen molar-refractivity contribution in [2.24, 2.45) is 0 Å². The van der Waals surface area contributed by atoms with Crippen LogP contribution in [0.15, 0.2) is 71.9 Å². The fourth-order valence-corrected chi connectivity index (χ4v) is 6.19. The van der Waals surface area contributed by atoms with Gasteiger partial charge in [-0.05, 0) is 83.6 Å². The summed E-state index contributed by atoms with van der Waals surface area (Å²) in [5, 5.41) is 1.12. The van der Waals surface area contributed by atoms with Gasteiger partial charge in [0.1, 0.15) is 12.4 Å². The number of fused-ring (bicyclic) bond motifs is 1. The number of pyridine rings is 1. The summed E-state index contributed by atoms with van der Waals surface area (Å²) in [6.07, 6.45) is 5.13. The molecule has 4 rings (SSSR count). The highest BCUT2D eigenvalue weighted by Gasteiger charge is 2.29. The largest absolute Gasteiger partial charge is 0.464 e. The molecule has 0 aliphatic heterocycles. The van der Waals surface area contributed by atoms with Gasteiger partial charge in [0, 0.05) is 31.4 Å². The number of hydrogen-bond acceptors (Lipinski definition) is 5. The first-order valence-electron chi connectivity index (χ1n) is 11.1. The van der Waals surface area contributed by atoms with Gasteiger partial charge in [-0.15, -0.1) is 0 Å². The number of anilines is 1. The van der Waals surface area contributed by atoms with Crippen molar-refractivity contribution in [1.29, 1.82) is 0 Å². The second-order valence-corrected chi connectivity index (χ2v) is 11.9. The predicted octanol–water partition coefficient (Wildman–Crippen LogP) is 6.48. The number of ether oxygens (including phenoxy) is 1. The SMILES string of the molecule is CCCCOC(=O)CN(c1ccc2c(ccn2-c2cc(I)ccn2)c1)S(=O)(=O)c1cc(Cl)cc(Cl)c1. The third kappa shape index (κ3) is 5.96. The third-order valence-corrected chi connectivity index (χ3v) is 8.23. The summed E-state index contributed by atoms with van der Waals surface area (Å²) in [5.41, 5.74) is 1.14. The average Bonchev–Trinajstić information content (AvgIpc) is 3.25. The van der Waals surface area contributed by atoms with Gasteiger partial charge >= 0.3 is 5.97 Å². The lowest BCUT2D eigenvalue weighted by molar-refractivity contribution is -0.141. The summed E-state index contributed by atoms with van der Waals surface area (Å²) in [4.78, 5) is 16.9. The van der Waals surface area contributed by atoms with Crippen molar-refractivity contribution in [3.05, 3.63) is 80.6 Å². The summed E-state index contributed by atoms with van der Waals surface area (Å²) < 4.78 is 36.6. The van der Waals surface area contributed by atoms with Crippen LogP contribution in [-0.4, -0.2) is 37.1 Å². The van der Waals surface area contributed by atoms with Gasteiger partial charge in [0.2, 0.25) is 0 Å². The van der Waals surface area contributed by atoms with Crippen LogP contribution < -0.4 is 4.31 Å². The first-order valence-corrected chi connectivity index (χ1v) is 14.3. The fraction of sp³-hybridized carbons (Fsp3) is 0.200. The first kappa shape index (κ1) is 26.7. The molecule has 7 nitrogen and oxygen atoms in total. The van der Waals surface area contributed by atoms with Crippen LogP contribution in [0.5, 0.6) is 0 Å². The van der Waals surface area contributed by atoms with Crippen LogP contribution in [-0.2, 0) is 19.6 Å². The molecule has 0 N–H and O–H groups in total. The summed E-state index contributed by atoms with van der Waals surface area (Å²) >= 11 is 14.4. The van der Waals surface area contributed by atoms with Gasteiger partial charge in [0.15, 0.2) is 0 Å². The molecule has 36 heavy (non-hydrogen) atoms. The summed E-state index contributed by atoms with van der Waals surface area (Å²) in [6.45, 7) is 1.69. The van der Waals surface area contributed by atoms with Crippen LogP contribution in [0, 0.1) is 3.57 Å². The molecule has 0 amide bonds.